The highest BCUT2D eigenvalue weighted by molar-refractivity contribution is 5.80. The maximum atomic E-state index is 11.8. The molecular weight excluding hydrogens is 408 g/mol. The van der Waals surface area contributed by atoms with Gasteiger partial charge < -0.3 is 35.9 Å². The standard InChI is InChI=1S/C18H28N8O5/c1-30-15-13-14(22-10-23-15)26(11-24-13)8-3-2-4-9-31-18(29)25-12(16(27)28)6-5-7-21-17(19)20/h10-12H,2-9H2,1H3,(H,25,29)(H,27,28)(H4,19,20,21). The molecule has 0 aliphatic carbocycles. The highest BCUT2D eigenvalue weighted by Gasteiger charge is 2.20. The smallest absolute Gasteiger partial charge is 0.407 e. The number of carbonyl (C=O) groups excluding carboxylic acids is 1. The number of guanidine groups is 1. The number of carboxylic acids is 1. The summed E-state index contributed by atoms with van der Waals surface area (Å²) in [7, 11) is 1.53. The van der Waals surface area contributed by atoms with E-state index in [-0.39, 0.29) is 25.5 Å². The van der Waals surface area contributed by atoms with Gasteiger partial charge in [-0.05, 0) is 32.1 Å². The third-order valence-corrected chi connectivity index (χ3v) is 4.37. The van der Waals surface area contributed by atoms with E-state index in [1.54, 1.807) is 6.33 Å². The first-order valence-corrected chi connectivity index (χ1v) is 9.83. The number of hydrogen-bond donors (Lipinski definition) is 4. The number of hydrogen-bond acceptors (Lipinski definition) is 8. The molecule has 0 aliphatic heterocycles. The number of aliphatic imine (C=N–C) groups is 1. The van der Waals surface area contributed by atoms with E-state index in [1.807, 2.05) is 4.57 Å². The summed E-state index contributed by atoms with van der Waals surface area (Å²) >= 11 is 0. The van der Waals surface area contributed by atoms with Crippen LogP contribution in [0.1, 0.15) is 32.1 Å². The van der Waals surface area contributed by atoms with Crippen molar-refractivity contribution >= 4 is 29.2 Å². The third-order valence-electron chi connectivity index (χ3n) is 4.37. The molecule has 13 heteroatoms. The second-order valence-electron chi connectivity index (χ2n) is 6.67. The van der Waals surface area contributed by atoms with Gasteiger partial charge in [0, 0.05) is 13.1 Å². The topological polar surface area (TPSA) is 193 Å². The lowest BCUT2D eigenvalue weighted by atomic mass is 10.1. The molecule has 0 bridgehead atoms. The first kappa shape index (κ1) is 23.6. The Bertz CT molecular complexity index is 896. The zero-order chi connectivity index (χ0) is 22.6. The Labute approximate surface area is 178 Å². The minimum absolute atomic E-state index is 0.0616. The van der Waals surface area contributed by atoms with Gasteiger partial charge in [-0.2, -0.15) is 4.98 Å². The highest BCUT2D eigenvalue weighted by Crippen LogP contribution is 2.19. The number of nitrogens with one attached hydrogen (secondary N) is 1. The van der Waals surface area contributed by atoms with Crippen LogP contribution < -0.4 is 21.5 Å². The number of fused-ring (bicyclic) bond motifs is 1. The average molecular weight is 436 g/mol. The van der Waals surface area contributed by atoms with Crippen molar-refractivity contribution in [3.8, 4) is 5.88 Å². The van der Waals surface area contributed by atoms with Crippen LogP contribution in [-0.4, -0.2) is 69.0 Å². The lowest BCUT2D eigenvalue weighted by Gasteiger charge is -2.14. The highest BCUT2D eigenvalue weighted by atomic mass is 16.5. The molecule has 0 aliphatic rings. The van der Waals surface area contributed by atoms with Gasteiger partial charge in [-0.15, -0.1) is 0 Å². The number of nitrogens with two attached hydrogens (primary N) is 2. The SMILES string of the molecule is COc1ncnc2c1ncn2CCCCCOC(=O)NC(CCCN=C(N)N)C(=O)O. The van der Waals surface area contributed by atoms with Crippen molar-refractivity contribution in [1.82, 2.24) is 24.8 Å². The van der Waals surface area contributed by atoms with Crippen LogP contribution in [0.3, 0.4) is 0 Å². The van der Waals surface area contributed by atoms with Crippen LogP contribution in [0.2, 0.25) is 0 Å². The molecule has 0 saturated heterocycles. The maximum absolute atomic E-state index is 11.8. The van der Waals surface area contributed by atoms with Crippen molar-refractivity contribution in [2.75, 3.05) is 20.3 Å². The van der Waals surface area contributed by atoms with E-state index in [2.05, 4.69) is 25.3 Å². The number of imidazole rings is 1. The number of aryl methyl sites for hydroxylation is 1. The Kier molecular flexibility index (Phi) is 9.26. The fourth-order valence-corrected chi connectivity index (χ4v) is 2.84. The molecule has 2 aromatic rings. The molecule has 170 valence electrons. The Balaban J connectivity index is 1.65. The van der Waals surface area contributed by atoms with E-state index in [0.717, 1.165) is 12.8 Å². The van der Waals surface area contributed by atoms with Crippen LogP contribution in [0.15, 0.2) is 17.6 Å². The van der Waals surface area contributed by atoms with E-state index in [9.17, 15) is 14.7 Å². The van der Waals surface area contributed by atoms with Crippen LogP contribution in [0.25, 0.3) is 11.2 Å². The van der Waals surface area contributed by atoms with E-state index in [1.165, 1.54) is 13.4 Å². The molecular formula is C18H28N8O5. The molecule has 1 atom stereocenters. The Morgan fingerprint density at radius 1 is 1.23 bits per heavy atom. The number of methoxy groups -OCH3 is 1. The molecule has 2 aromatic heterocycles. The zero-order valence-corrected chi connectivity index (χ0v) is 17.4. The monoisotopic (exact) mass is 436 g/mol. The summed E-state index contributed by atoms with van der Waals surface area (Å²) < 4.78 is 12.1. The summed E-state index contributed by atoms with van der Waals surface area (Å²) in [6, 6.07) is -1.06. The predicted octanol–water partition coefficient (Wildman–Crippen LogP) is 0.238. The fourth-order valence-electron chi connectivity index (χ4n) is 2.84. The molecule has 0 saturated carbocycles. The number of unbranched alkanes of at least 4 members (excludes halogenated alkanes) is 2. The van der Waals surface area contributed by atoms with Crippen LogP contribution in [0, 0.1) is 0 Å². The second-order valence-corrected chi connectivity index (χ2v) is 6.67. The summed E-state index contributed by atoms with van der Waals surface area (Å²) in [5.74, 6) is -0.776. The molecule has 6 N–H and O–H groups in total. The molecule has 2 rings (SSSR count). The van der Waals surface area contributed by atoms with E-state index in [0.29, 0.717) is 36.4 Å². The summed E-state index contributed by atoms with van der Waals surface area (Å²) in [6.07, 6.45) is 5.21. The van der Waals surface area contributed by atoms with Crippen molar-refractivity contribution < 1.29 is 24.2 Å². The molecule has 0 spiro atoms. The van der Waals surface area contributed by atoms with E-state index in [4.69, 9.17) is 20.9 Å². The van der Waals surface area contributed by atoms with Gasteiger partial charge in [0.05, 0.1) is 20.0 Å². The van der Waals surface area contributed by atoms with Gasteiger partial charge in [0.15, 0.2) is 17.1 Å². The largest absolute Gasteiger partial charge is 0.480 e. The molecule has 2 heterocycles. The van der Waals surface area contributed by atoms with Crippen LogP contribution >= 0.6 is 0 Å². The number of aliphatic carboxylic acids is 1. The van der Waals surface area contributed by atoms with Crippen molar-refractivity contribution in [3.05, 3.63) is 12.7 Å². The number of alkyl carbamates (subject to hydrolysis) is 1. The van der Waals surface area contributed by atoms with E-state index < -0.39 is 18.1 Å². The summed E-state index contributed by atoms with van der Waals surface area (Å²) in [5.41, 5.74) is 11.7. The Morgan fingerprint density at radius 2 is 2.03 bits per heavy atom. The minimum atomic E-state index is -1.14. The fraction of sp³-hybridized carbons (Fsp3) is 0.556. The lowest BCUT2D eigenvalue weighted by Crippen LogP contribution is -2.41. The van der Waals surface area contributed by atoms with Crippen molar-refractivity contribution in [3.63, 3.8) is 0 Å². The third kappa shape index (κ3) is 7.60. The summed E-state index contributed by atoms with van der Waals surface area (Å²) in [4.78, 5) is 39.4. The van der Waals surface area contributed by atoms with Gasteiger partial charge in [-0.1, -0.05) is 0 Å². The quantitative estimate of drug-likeness (QED) is 0.192. The predicted molar refractivity (Wildman–Crippen MR) is 112 cm³/mol. The summed E-state index contributed by atoms with van der Waals surface area (Å²) in [5, 5.41) is 11.5. The Morgan fingerprint density at radius 3 is 2.74 bits per heavy atom. The molecule has 1 unspecified atom stereocenters. The van der Waals surface area contributed by atoms with Crippen LogP contribution in [0.4, 0.5) is 4.79 Å². The van der Waals surface area contributed by atoms with Gasteiger partial charge in [-0.25, -0.2) is 19.6 Å². The molecule has 0 fully saturated rings. The molecule has 0 aromatic carbocycles. The number of nitrogens with zero attached hydrogens (tertiary/aromatic N) is 5. The Hall–Kier alpha value is -3.64. The van der Waals surface area contributed by atoms with Gasteiger partial charge in [-0.3, -0.25) is 4.99 Å². The second kappa shape index (κ2) is 12.1. The number of ether oxygens (including phenoxy) is 2. The van der Waals surface area contributed by atoms with Gasteiger partial charge in [0.1, 0.15) is 12.4 Å². The zero-order valence-electron chi connectivity index (χ0n) is 17.4. The van der Waals surface area contributed by atoms with Gasteiger partial charge in [0.2, 0.25) is 5.88 Å². The number of carbonyl (C=O) groups is 2. The first-order valence-electron chi connectivity index (χ1n) is 9.83. The lowest BCUT2D eigenvalue weighted by molar-refractivity contribution is -0.139. The van der Waals surface area contributed by atoms with Gasteiger partial charge in [0.25, 0.3) is 0 Å². The molecule has 31 heavy (non-hydrogen) atoms. The minimum Gasteiger partial charge on any atom is -0.480 e. The first-order chi connectivity index (χ1) is 14.9. The molecule has 1 amide bonds. The number of carboxylic acid groups (broad SMARTS) is 1. The molecule has 0 radical (unpaired) electrons. The normalized spacial score (nSPS) is 11.6. The van der Waals surface area contributed by atoms with Crippen LogP contribution in [-0.2, 0) is 16.1 Å². The summed E-state index contributed by atoms with van der Waals surface area (Å²) in [6.45, 7) is 1.17. The maximum Gasteiger partial charge on any atom is 0.407 e. The van der Waals surface area contributed by atoms with E-state index >= 15 is 0 Å². The average Bonchev–Trinajstić information content (AvgIpc) is 3.15. The van der Waals surface area contributed by atoms with Gasteiger partial charge >= 0.3 is 12.1 Å². The number of rotatable bonds is 13. The van der Waals surface area contributed by atoms with Crippen molar-refractivity contribution in [1.29, 1.82) is 0 Å². The van der Waals surface area contributed by atoms with Crippen molar-refractivity contribution in [2.24, 2.45) is 16.5 Å². The molecule has 13 nitrogen and oxygen atoms in total. The van der Waals surface area contributed by atoms with Crippen molar-refractivity contribution in [2.45, 2.75) is 44.7 Å². The number of amides is 1. The number of aromatic nitrogens is 4. The van der Waals surface area contributed by atoms with Crippen LogP contribution in [0.5, 0.6) is 5.88 Å².